The maximum Gasteiger partial charge on any atom is -0.0261 e. The third-order valence-electron chi connectivity index (χ3n) is 9.24. The molecule has 0 N–H and O–H groups in total. The second kappa shape index (κ2) is 15.9. The molecule has 31 heavy (non-hydrogen) atoms. The second-order valence-corrected chi connectivity index (χ2v) is 10.1. The maximum absolute atomic E-state index is 3.00. The van der Waals surface area contributed by atoms with Crippen molar-refractivity contribution in [2.24, 2.45) is 46.3 Å². The molecule has 4 aliphatic carbocycles. The predicted molar refractivity (Wildman–Crippen MR) is 147 cm³/mol. The van der Waals surface area contributed by atoms with E-state index in [0.29, 0.717) is 10.8 Å². The Bertz CT molecular complexity index is 448. The van der Waals surface area contributed by atoms with E-state index in [2.05, 4.69) is 67.2 Å². The summed E-state index contributed by atoms with van der Waals surface area (Å²) in [5, 5.41) is 0. The van der Waals surface area contributed by atoms with Crippen molar-refractivity contribution in [3.05, 3.63) is 39.5 Å². The normalized spacial score (nSPS) is 41.4. The zero-order valence-electron chi connectivity index (χ0n) is 23.1. The molecular weight excluding hydrogens is 372 g/mol. The van der Waals surface area contributed by atoms with E-state index in [9.17, 15) is 0 Å². The Kier molecular flexibility index (Phi) is 16.6. The minimum absolute atomic E-state index is 0.691. The first-order valence-corrected chi connectivity index (χ1v) is 13.4. The van der Waals surface area contributed by atoms with Crippen LogP contribution in [0.4, 0.5) is 0 Å². The van der Waals surface area contributed by atoms with E-state index in [1.54, 1.807) is 32.1 Å². The van der Waals surface area contributed by atoms with Crippen LogP contribution in [0.3, 0.4) is 0 Å². The molecule has 0 saturated heterocycles. The standard InChI is InChI=1S/C21H36.2C2H6.3C2H4/c1-14-9-11-20(3)16(13-14)10-12-21(4)18-7-5-15(2)17(18)6-8-19(20)21;5*1-2/h14-19H,5-13H2,1-4H3;2*1-2H3;3*1-2H2. The molecule has 184 valence electrons. The quantitative estimate of drug-likeness (QED) is 0.334. The van der Waals surface area contributed by atoms with Crippen LogP contribution >= 0.6 is 0 Å². The van der Waals surface area contributed by atoms with Crippen LogP contribution in [0.25, 0.3) is 0 Å². The third kappa shape index (κ3) is 6.61. The van der Waals surface area contributed by atoms with E-state index >= 15 is 0 Å². The Morgan fingerprint density at radius 1 is 0.613 bits per heavy atom. The summed E-state index contributed by atoms with van der Waals surface area (Å²) in [7, 11) is 0. The van der Waals surface area contributed by atoms with Gasteiger partial charge in [-0.1, -0.05) is 68.2 Å². The van der Waals surface area contributed by atoms with Crippen molar-refractivity contribution in [2.45, 2.75) is 113 Å². The van der Waals surface area contributed by atoms with Gasteiger partial charge >= 0.3 is 0 Å². The van der Waals surface area contributed by atoms with Crippen LogP contribution in [0, 0.1) is 46.3 Å². The molecule has 4 rings (SSSR count). The van der Waals surface area contributed by atoms with Gasteiger partial charge in [-0.15, -0.1) is 39.5 Å². The van der Waals surface area contributed by atoms with Gasteiger partial charge in [0, 0.05) is 0 Å². The Balaban J connectivity index is 0. The molecular formula is C31H60. The van der Waals surface area contributed by atoms with Crippen LogP contribution in [0.2, 0.25) is 0 Å². The first kappa shape index (κ1) is 32.4. The summed E-state index contributed by atoms with van der Waals surface area (Å²) in [5.74, 6) is 6.26. The molecule has 4 fully saturated rings. The van der Waals surface area contributed by atoms with Crippen molar-refractivity contribution in [3.8, 4) is 0 Å². The number of rotatable bonds is 0. The van der Waals surface area contributed by atoms with Crippen molar-refractivity contribution in [2.75, 3.05) is 0 Å². The number of hydrogen-bond donors (Lipinski definition) is 0. The van der Waals surface area contributed by atoms with Gasteiger partial charge in [0.2, 0.25) is 0 Å². The summed E-state index contributed by atoms with van der Waals surface area (Å²) in [6, 6.07) is 0. The van der Waals surface area contributed by atoms with E-state index in [4.69, 9.17) is 0 Å². The van der Waals surface area contributed by atoms with E-state index in [-0.39, 0.29) is 0 Å². The van der Waals surface area contributed by atoms with Crippen molar-refractivity contribution in [1.82, 2.24) is 0 Å². The fourth-order valence-electron chi connectivity index (χ4n) is 7.99. The zero-order chi connectivity index (χ0) is 24.8. The lowest BCUT2D eigenvalue weighted by Crippen LogP contribution is -2.56. The van der Waals surface area contributed by atoms with Gasteiger partial charge in [-0.25, -0.2) is 0 Å². The molecule has 4 aliphatic rings. The molecule has 4 saturated carbocycles. The van der Waals surface area contributed by atoms with Crippen LogP contribution in [0.1, 0.15) is 113 Å². The van der Waals surface area contributed by atoms with Gasteiger partial charge in [0.1, 0.15) is 0 Å². The summed E-state index contributed by atoms with van der Waals surface area (Å²) >= 11 is 0. The molecule has 0 aromatic carbocycles. The molecule has 0 aromatic rings. The molecule has 0 bridgehead atoms. The summed E-state index contributed by atoms with van der Waals surface area (Å²) < 4.78 is 0. The highest BCUT2D eigenvalue weighted by molar-refractivity contribution is 5.10. The van der Waals surface area contributed by atoms with E-state index in [1.165, 1.54) is 25.7 Å². The highest BCUT2D eigenvalue weighted by atomic mass is 14.7. The van der Waals surface area contributed by atoms with Gasteiger partial charge in [-0.3, -0.25) is 0 Å². The van der Waals surface area contributed by atoms with Gasteiger partial charge < -0.3 is 0 Å². The van der Waals surface area contributed by atoms with Gasteiger partial charge in [-0.2, -0.15) is 0 Å². The third-order valence-corrected chi connectivity index (χ3v) is 9.24. The molecule has 8 atom stereocenters. The van der Waals surface area contributed by atoms with Crippen molar-refractivity contribution < 1.29 is 0 Å². The Morgan fingerprint density at radius 3 is 1.68 bits per heavy atom. The molecule has 0 heteroatoms. The lowest BCUT2D eigenvalue weighted by Gasteiger charge is -2.64. The van der Waals surface area contributed by atoms with Gasteiger partial charge in [0.05, 0.1) is 0 Å². The molecule has 0 heterocycles. The van der Waals surface area contributed by atoms with E-state index < -0.39 is 0 Å². The highest BCUT2D eigenvalue weighted by Crippen LogP contribution is 2.69. The average molecular weight is 433 g/mol. The largest absolute Gasteiger partial charge is 0.106 e. The summed E-state index contributed by atoms with van der Waals surface area (Å²) in [6.45, 7) is 36.5. The Labute approximate surface area is 199 Å². The first-order valence-electron chi connectivity index (χ1n) is 13.4. The predicted octanol–water partition coefficient (Wildman–Crippen LogP) is 10.8. The SMILES string of the molecule is C=C.C=C.C=C.CC.CC.CC1CCC2(C)C(CCC3(C)C4CCC(C)C4CCC23)C1. The number of hydrogen-bond acceptors (Lipinski definition) is 0. The average Bonchev–Trinajstić information content (AvgIpc) is 3.23. The lowest BCUT2D eigenvalue weighted by molar-refractivity contribution is -0.146. The van der Waals surface area contributed by atoms with Crippen LogP contribution < -0.4 is 0 Å². The Hall–Kier alpha value is -0.780. The van der Waals surface area contributed by atoms with Crippen LogP contribution in [-0.2, 0) is 0 Å². The fourth-order valence-corrected chi connectivity index (χ4v) is 7.99. The minimum Gasteiger partial charge on any atom is -0.106 e. The van der Waals surface area contributed by atoms with Crippen molar-refractivity contribution in [1.29, 1.82) is 0 Å². The molecule has 0 amide bonds. The molecule has 0 radical (unpaired) electrons. The lowest BCUT2D eigenvalue weighted by atomic mass is 9.41. The fraction of sp³-hybridized carbons (Fsp3) is 0.806. The minimum atomic E-state index is 0.691. The first-order chi connectivity index (χ1) is 14.9. The zero-order valence-corrected chi connectivity index (χ0v) is 23.1. The molecule has 0 spiro atoms. The highest BCUT2D eigenvalue weighted by Gasteiger charge is 2.60. The van der Waals surface area contributed by atoms with Gasteiger partial charge in [0.15, 0.2) is 0 Å². The Morgan fingerprint density at radius 2 is 1.13 bits per heavy atom. The molecule has 0 aromatic heterocycles. The van der Waals surface area contributed by atoms with Crippen molar-refractivity contribution >= 4 is 0 Å². The van der Waals surface area contributed by atoms with E-state index in [0.717, 1.165) is 35.5 Å². The van der Waals surface area contributed by atoms with Gasteiger partial charge in [-0.05, 0) is 91.3 Å². The molecule has 0 aliphatic heterocycles. The van der Waals surface area contributed by atoms with Crippen LogP contribution in [0.5, 0.6) is 0 Å². The van der Waals surface area contributed by atoms with E-state index in [1.807, 2.05) is 27.7 Å². The summed E-state index contributed by atoms with van der Waals surface area (Å²) in [6.07, 6.45) is 13.9. The van der Waals surface area contributed by atoms with Crippen LogP contribution in [0.15, 0.2) is 39.5 Å². The summed E-state index contributed by atoms with van der Waals surface area (Å²) in [5.41, 5.74) is 1.38. The van der Waals surface area contributed by atoms with Gasteiger partial charge in [0.25, 0.3) is 0 Å². The topological polar surface area (TPSA) is 0 Å². The van der Waals surface area contributed by atoms with Crippen molar-refractivity contribution in [3.63, 3.8) is 0 Å². The second-order valence-electron chi connectivity index (χ2n) is 10.1. The molecule has 0 nitrogen and oxygen atoms in total. The monoisotopic (exact) mass is 432 g/mol. The smallest absolute Gasteiger partial charge is 0.0261 e. The number of fused-ring (bicyclic) bond motifs is 5. The molecule has 8 unspecified atom stereocenters. The maximum atomic E-state index is 3.00. The van der Waals surface area contributed by atoms with Crippen LogP contribution in [-0.4, -0.2) is 0 Å². The summed E-state index contributed by atoms with van der Waals surface area (Å²) in [4.78, 5) is 0.